The summed E-state index contributed by atoms with van der Waals surface area (Å²) in [4.78, 5) is 10.5. The van der Waals surface area contributed by atoms with Crippen LogP contribution in [0.2, 0.25) is 5.02 Å². The highest BCUT2D eigenvalue weighted by Crippen LogP contribution is 2.30. The minimum absolute atomic E-state index is 0.137. The molecule has 0 aliphatic heterocycles. The van der Waals surface area contributed by atoms with Gasteiger partial charge in [0.1, 0.15) is 5.75 Å². The molecule has 1 aromatic carbocycles. The zero-order valence-corrected chi connectivity index (χ0v) is 12.2. The largest absolute Gasteiger partial charge is 0.496 e. The smallest absolute Gasteiger partial charge is 0.246 e. The molecule has 0 saturated carbocycles. The summed E-state index contributed by atoms with van der Waals surface area (Å²) in [6, 6.07) is 3.58. The molecule has 0 unspecified atom stereocenters. The fourth-order valence-corrected chi connectivity index (χ4v) is 2.09. The van der Waals surface area contributed by atoms with Crippen LogP contribution in [0.1, 0.15) is 37.8 Å². The Morgan fingerprint density at radius 2 is 2.16 bits per heavy atom. The molecule has 0 N–H and O–H groups in total. The molecule has 0 aliphatic rings. The molecule has 0 atom stereocenters. The van der Waals surface area contributed by atoms with E-state index in [-0.39, 0.29) is 10.6 Å². The Morgan fingerprint density at radius 1 is 1.47 bits per heavy atom. The van der Waals surface area contributed by atoms with Crippen molar-refractivity contribution in [2.75, 3.05) is 7.11 Å². The zero-order chi connectivity index (χ0) is 14.4. The summed E-state index contributed by atoms with van der Waals surface area (Å²) in [5, 5.41) is 11.5. The predicted octanol–water partition coefficient (Wildman–Crippen LogP) is 4.33. The van der Waals surface area contributed by atoms with Gasteiger partial charge in [0.2, 0.25) is 5.70 Å². The maximum absolute atomic E-state index is 10.9. The normalized spacial score (nSPS) is 11.5. The van der Waals surface area contributed by atoms with Gasteiger partial charge in [-0.15, -0.1) is 0 Å². The molecule has 0 aliphatic carbocycles. The molecule has 0 saturated heterocycles. The molecular formula is C14H18ClNO3. The highest BCUT2D eigenvalue weighted by Gasteiger charge is 2.12. The van der Waals surface area contributed by atoms with E-state index in [9.17, 15) is 10.1 Å². The Kier molecular flexibility index (Phi) is 5.83. The average molecular weight is 284 g/mol. The molecule has 1 aromatic rings. The van der Waals surface area contributed by atoms with Gasteiger partial charge in [0.25, 0.3) is 0 Å². The fourth-order valence-electron chi connectivity index (χ4n) is 1.82. The highest BCUT2D eigenvalue weighted by molar-refractivity contribution is 6.31. The first-order valence-electron chi connectivity index (χ1n) is 6.24. The van der Waals surface area contributed by atoms with Gasteiger partial charge in [-0.3, -0.25) is 10.1 Å². The maximum Gasteiger partial charge on any atom is 0.246 e. The summed E-state index contributed by atoms with van der Waals surface area (Å²) in [5.41, 5.74) is 1.77. The molecule has 4 nitrogen and oxygen atoms in total. The molecule has 19 heavy (non-hydrogen) atoms. The summed E-state index contributed by atoms with van der Waals surface area (Å²) >= 11 is 6.19. The van der Waals surface area contributed by atoms with Gasteiger partial charge in [0, 0.05) is 23.1 Å². The van der Waals surface area contributed by atoms with E-state index in [4.69, 9.17) is 16.3 Å². The summed E-state index contributed by atoms with van der Waals surface area (Å²) in [6.07, 6.45) is 3.70. The summed E-state index contributed by atoms with van der Waals surface area (Å²) < 4.78 is 5.29. The Balaban J connectivity index is 3.28. The quantitative estimate of drug-likeness (QED) is 0.577. The molecule has 1 rings (SSSR count). The minimum atomic E-state index is -0.382. The maximum atomic E-state index is 10.9. The number of halogens is 1. The first kappa shape index (κ1) is 15.5. The van der Waals surface area contributed by atoms with Crippen LogP contribution in [0.4, 0.5) is 0 Å². The number of hydrogen-bond acceptors (Lipinski definition) is 3. The Morgan fingerprint density at radius 3 is 2.63 bits per heavy atom. The van der Waals surface area contributed by atoms with Crippen LogP contribution in [0.3, 0.4) is 0 Å². The molecule has 5 heteroatoms. The molecular weight excluding hydrogens is 266 g/mol. The second-order valence-corrected chi connectivity index (χ2v) is 4.59. The van der Waals surface area contributed by atoms with Gasteiger partial charge in [-0.2, -0.15) is 0 Å². The standard InChI is InChI=1S/C14H18ClNO3/c1-4-6-10-9-14(19-3)11(8-13(10)15)7-12(5-2)16(17)18/h7-9H,4-6H2,1-3H3/b12-7+. The summed E-state index contributed by atoms with van der Waals surface area (Å²) in [6.45, 7) is 3.81. The third kappa shape index (κ3) is 3.96. The van der Waals surface area contributed by atoms with Gasteiger partial charge in [-0.25, -0.2) is 0 Å². The topological polar surface area (TPSA) is 52.4 Å². The van der Waals surface area contributed by atoms with E-state index in [1.165, 1.54) is 6.08 Å². The second-order valence-electron chi connectivity index (χ2n) is 4.18. The van der Waals surface area contributed by atoms with Crippen LogP contribution in [0.25, 0.3) is 6.08 Å². The first-order chi connectivity index (χ1) is 9.03. The van der Waals surface area contributed by atoms with Gasteiger partial charge in [0.15, 0.2) is 0 Å². The van der Waals surface area contributed by atoms with Crippen molar-refractivity contribution in [3.05, 3.63) is 44.1 Å². The van der Waals surface area contributed by atoms with Crippen molar-refractivity contribution in [1.29, 1.82) is 0 Å². The Hall–Kier alpha value is -1.55. The van der Waals surface area contributed by atoms with Gasteiger partial charge >= 0.3 is 0 Å². The van der Waals surface area contributed by atoms with E-state index in [1.54, 1.807) is 20.1 Å². The monoisotopic (exact) mass is 283 g/mol. The van der Waals surface area contributed by atoms with Crippen molar-refractivity contribution >= 4 is 17.7 Å². The van der Waals surface area contributed by atoms with Crippen molar-refractivity contribution in [3.63, 3.8) is 0 Å². The summed E-state index contributed by atoms with van der Waals surface area (Å²) in [5.74, 6) is 0.612. The van der Waals surface area contributed by atoms with Crippen molar-refractivity contribution < 1.29 is 9.66 Å². The molecule has 0 heterocycles. The molecule has 0 spiro atoms. The van der Waals surface area contributed by atoms with Crippen LogP contribution in [0.15, 0.2) is 17.8 Å². The SMILES string of the molecule is CCCc1cc(OC)c(/C=C(\CC)[N+](=O)[O-])cc1Cl. The highest BCUT2D eigenvalue weighted by atomic mass is 35.5. The number of rotatable bonds is 6. The minimum Gasteiger partial charge on any atom is -0.496 e. The van der Waals surface area contributed by atoms with E-state index in [2.05, 4.69) is 6.92 Å². The van der Waals surface area contributed by atoms with Crippen LogP contribution < -0.4 is 4.74 Å². The molecule has 0 amide bonds. The van der Waals surface area contributed by atoms with E-state index < -0.39 is 0 Å². The molecule has 0 bridgehead atoms. The molecule has 104 valence electrons. The van der Waals surface area contributed by atoms with Gasteiger partial charge in [0.05, 0.1) is 12.0 Å². The lowest BCUT2D eigenvalue weighted by Crippen LogP contribution is -1.98. The van der Waals surface area contributed by atoms with E-state index in [0.717, 1.165) is 18.4 Å². The fraction of sp³-hybridized carbons (Fsp3) is 0.429. The van der Waals surface area contributed by atoms with Crippen molar-refractivity contribution in [3.8, 4) is 5.75 Å². The second kappa shape index (κ2) is 7.14. The van der Waals surface area contributed by atoms with Crippen LogP contribution >= 0.6 is 11.6 Å². The lowest BCUT2D eigenvalue weighted by molar-refractivity contribution is -0.425. The number of aryl methyl sites for hydroxylation is 1. The number of benzene rings is 1. The van der Waals surface area contributed by atoms with Gasteiger partial charge in [-0.1, -0.05) is 31.9 Å². The Bertz CT molecular complexity index is 498. The van der Waals surface area contributed by atoms with Crippen LogP contribution in [-0.4, -0.2) is 12.0 Å². The third-order valence-electron chi connectivity index (χ3n) is 2.84. The van der Waals surface area contributed by atoms with Crippen molar-refractivity contribution in [2.24, 2.45) is 0 Å². The van der Waals surface area contributed by atoms with Crippen LogP contribution in [-0.2, 0) is 6.42 Å². The lowest BCUT2D eigenvalue weighted by Gasteiger charge is -2.10. The van der Waals surface area contributed by atoms with Crippen LogP contribution in [0, 0.1) is 10.1 Å². The molecule has 0 fully saturated rings. The third-order valence-corrected chi connectivity index (χ3v) is 3.19. The van der Waals surface area contributed by atoms with Crippen molar-refractivity contribution in [2.45, 2.75) is 33.1 Å². The Labute approximate surface area is 118 Å². The summed E-state index contributed by atoms with van der Waals surface area (Å²) in [7, 11) is 1.55. The molecule has 0 aromatic heterocycles. The zero-order valence-electron chi connectivity index (χ0n) is 11.4. The first-order valence-corrected chi connectivity index (χ1v) is 6.62. The van der Waals surface area contributed by atoms with Crippen LogP contribution in [0.5, 0.6) is 5.75 Å². The van der Waals surface area contributed by atoms with Gasteiger partial charge in [-0.05, 0) is 24.1 Å². The number of nitrogens with zero attached hydrogens (tertiary/aromatic N) is 1. The number of methoxy groups -OCH3 is 1. The average Bonchev–Trinajstić information content (AvgIpc) is 2.38. The molecule has 0 radical (unpaired) electrons. The van der Waals surface area contributed by atoms with E-state index in [1.807, 2.05) is 6.07 Å². The predicted molar refractivity (Wildman–Crippen MR) is 77.3 cm³/mol. The number of hydrogen-bond donors (Lipinski definition) is 0. The van der Waals surface area contributed by atoms with Crippen molar-refractivity contribution in [1.82, 2.24) is 0 Å². The number of ether oxygens (including phenoxy) is 1. The lowest BCUT2D eigenvalue weighted by atomic mass is 10.1. The number of nitro groups is 1. The van der Waals surface area contributed by atoms with Gasteiger partial charge < -0.3 is 4.74 Å². The van der Waals surface area contributed by atoms with E-state index in [0.29, 0.717) is 22.8 Å². The number of allylic oxidation sites excluding steroid dienone is 1. The van der Waals surface area contributed by atoms with E-state index >= 15 is 0 Å².